The molecule has 0 radical (unpaired) electrons. The van der Waals surface area contributed by atoms with Crippen LogP contribution in [-0.4, -0.2) is 50.7 Å². The van der Waals surface area contributed by atoms with Crippen LogP contribution in [0.25, 0.3) is 0 Å². The number of hydrogen-bond donors (Lipinski definition) is 0. The summed E-state index contributed by atoms with van der Waals surface area (Å²) in [5.41, 5.74) is 1.15. The Hall–Kier alpha value is -1.79. The molecule has 0 spiro atoms. The molecule has 0 atom stereocenters. The van der Waals surface area contributed by atoms with E-state index in [4.69, 9.17) is 0 Å². The summed E-state index contributed by atoms with van der Waals surface area (Å²) < 4.78 is 15.3. The first-order valence-electron chi connectivity index (χ1n) is 8.61. The van der Waals surface area contributed by atoms with Gasteiger partial charge < -0.3 is 4.57 Å². The number of halogens is 1. The molecule has 1 aromatic heterocycles. The number of rotatable bonds is 5. The molecule has 130 valence electrons. The monoisotopic (exact) mass is 331 g/mol. The molecule has 0 N–H and O–H groups in total. The van der Waals surface area contributed by atoms with Crippen LogP contribution < -0.4 is 0 Å². The molecule has 2 heterocycles. The van der Waals surface area contributed by atoms with Crippen LogP contribution in [0.3, 0.4) is 0 Å². The van der Waals surface area contributed by atoms with Crippen molar-refractivity contribution >= 4 is 0 Å². The Morgan fingerprint density at radius 3 is 2.58 bits per heavy atom. The number of benzene rings is 1. The lowest BCUT2D eigenvalue weighted by atomic mass is 10.2. The van der Waals surface area contributed by atoms with Crippen molar-refractivity contribution in [1.82, 2.24) is 24.6 Å². The normalized spacial score (nSPS) is 15.8. The first-order chi connectivity index (χ1) is 11.5. The Morgan fingerprint density at radius 2 is 1.88 bits per heavy atom. The molecule has 1 aliphatic rings. The van der Waals surface area contributed by atoms with Crippen LogP contribution in [0.2, 0.25) is 0 Å². The standard InChI is InChI=1S/C18H26FN5/c1-14(2)22(3)13-18-21-20-17-8-9-23(10-11-24(17)18)12-15-4-6-16(19)7-5-15/h4-7,14H,8-13H2,1-3H3. The second-order valence-electron chi connectivity index (χ2n) is 6.85. The largest absolute Gasteiger partial charge is 0.313 e. The topological polar surface area (TPSA) is 37.2 Å². The van der Waals surface area contributed by atoms with E-state index in [9.17, 15) is 4.39 Å². The lowest BCUT2D eigenvalue weighted by Crippen LogP contribution is -2.29. The first kappa shape index (κ1) is 17.0. The first-order valence-corrected chi connectivity index (χ1v) is 8.61. The van der Waals surface area contributed by atoms with Gasteiger partial charge in [-0.05, 0) is 38.6 Å². The number of aromatic nitrogens is 3. The average Bonchev–Trinajstić information content (AvgIpc) is 2.82. The molecule has 24 heavy (non-hydrogen) atoms. The molecule has 0 saturated carbocycles. The molecule has 6 heteroatoms. The average molecular weight is 331 g/mol. The third kappa shape index (κ3) is 3.99. The molecule has 1 aromatic carbocycles. The van der Waals surface area contributed by atoms with Gasteiger partial charge >= 0.3 is 0 Å². The summed E-state index contributed by atoms with van der Waals surface area (Å²) in [6.07, 6.45) is 0.902. The maximum atomic E-state index is 13.0. The quantitative estimate of drug-likeness (QED) is 0.843. The van der Waals surface area contributed by atoms with E-state index in [1.807, 2.05) is 12.1 Å². The van der Waals surface area contributed by atoms with E-state index in [2.05, 4.69) is 45.5 Å². The predicted molar refractivity (Wildman–Crippen MR) is 92.0 cm³/mol. The molecular formula is C18H26FN5. The minimum atomic E-state index is -0.181. The van der Waals surface area contributed by atoms with Gasteiger partial charge in [0.25, 0.3) is 0 Å². The van der Waals surface area contributed by atoms with E-state index < -0.39 is 0 Å². The van der Waals surface area contributed by atoms with Gasteiger partial charge in [-0.3, -0.25) is 9.80 Å². The molecule has 3 rings (SSSR count). The highest BCUT2D eigenvalue weighted by atomic mass is 19.1. The molecule has 0 bridgehead atoms. The maximum Gasteiger partial charge on any atom is 0.147 e. The van der Waals surface area contributed by atoms with Crippen LogP contribution in [0.5, 0.6) is 0 Å². The van der Waals surface area contributed by atoms with E-state index in [0.717, 1.165) is 56.4 Å². The van der Waals surface area contributed by atoms with E-state index in [-0.39, 0.29) is 5.82 Å². The fraction of sp³-hybridized carbons (Fsp3) is 0.556. The molecule has 0 amide bonds. The molecule has 2 aromatic rings. The SMILES string of the molecule is CC(C)N(C)Cc1nnc2n1CCN(Cc1ccc(F)cc1)CC2. The smallest absolute Gasteiger partial charge is 0.147 e. The summed E-state index contributed by atoms with van der Waals surface area (Å²) in [6.45, 7) is 8.86. The van der Waals surface area contributed by atoms with Gasteiger partial charge in [0, 0.05) is 38.6 Å². The van der Waals surface area contributed by atoms with Crippen molar-refractivity contribution in [1.29, 1.82) is 0 Å². The Kier molecular flexibility index (Phi) is 5.26. The van der Waals surface area contributed by atoms with Gasteiger partial charge in [0.1, 0.15) is 17.5 Å². The zero-order valence-corrected chi connectivity index (χ0v) is 14.7. The van der Waals surface area contributed by atoms with Gasteiger partial charge in [0.05, 0.1) is 6.54 Å². The summed E-state index contributed by atoms with van der Waals surface area (Å²) in [4.78, 5) is 4.68. The molecule has 5 nitrogen and oxygen atoms in total. The maximum absolute atomic E-state index is 13.0. The molecule has 0 unspecified atom stereocenters. The van der Waals surface area contributed by atoms with Crippen LogP contribution >= 0.6 is 0 Å². The summed E-state index contributed by atoms with van der Waals surface area (Å²) in [5, 5.41) is 8.78. The van der Waals surface area contributed by atoms with Gasteiger partial charge in [-0.15, -0.1) is 10.2 Å². The number of hydrogen-bond acceptors (Lipinski definition) is 4. The Bertz CT molecular complexity index is 665. The Balaban J connectivity index is 1.64. The summed E-state index contributed by atoms with van der Waals surface area (Å²) in [7, 11) is 2.11. The molecular weight excluding hydrogens is 305 g/mol. The molecule has 1 aliphatic heterocycles. The third-order valence-corrected chi connectivity index (χ3v) is 4.79. The van der Waals surface area contributed by atoms with Crippen molar-refractivity contribution in [2.45, 2.75) is 45.9 Å². The second-order valence-corrected chi connectivity index (χ2v) is 6.85. The highest BCUT2D eigenvalue weighted by Gasteiger charge is 2.20. The molecule has 0 saturated heterocycles. The fourth-order valence-electron chi connectivity index (χ4n) is 2.96. The highest BCUT2D eigenvalue weighted by Crippen LogP contribution is 2.14. The third-order valence-electron chi connectivity index (χ3n) is 4.79. The summed E-state index contributed by atoms with van der Waals surface area (Å²) >= 11 is 0. The van der Waals surface area contributed by atoms with Gasteiger partial charge in [-0.25, -0.2) is 4.39 Å². The van der Waals surface area contributed by atoms with Crippen LogP contribution in [0.1, 0.15) is 31.1 Å². The van der Waals surface area contributed by atoms with Crippen molar-refractivity contribution in [3.8, 4) is 0 Å². The Labute approximate surface area is 143 Å². The van der Waals surface area contributed by atoms with Crippen molar-refractivity contribution in [3.05, 3.63) is 47.3 Å². The summed E-state index contributed by atoms with van der Waals surface area (Å²) in [5.74, 6) is 1.94. The number of nitrogens with zero attached hydrogens (tertiary/aromatic N) is 5. The van der Waals surface area contributed by atoms with Gasteiger partial charge in [-0.1, -0.05) is 12.1 Å². The van der Waals surface area contributed by atoms with Crippen molar-refractivity contribution in [3.63, 3.8) is 0 Å². The molecule has 0 aliphatic carbocycles. The van der Waals surface area contributed by atoms with Crippen molar-refractivity contribution in [2.24, 2.45) is 0 Å². The number of fused-ring (bicyclic) bond motifs is 1. The minimum Gasteiger partial charge on any atom is -0.313 e. The van der Waals surface area contributed by atoms with Crippen LogP contribution in [0.4, 0.5) is 4.39 Å². The minimum absolute atomic E-state index is 0.181. The van der Waals surface area contributed by atoms with E-state index in [0.29, 0.717) is 6.04 Å². The van der Waals surface area contributed by atoms with Crippen LogP contribution in [-0.2, 0) is 26.1 Å². The van der Waals surface area contributed by atoms with Crippen LogP contribution in [0.15, 0.2) is 24.3 Å². The van der Waals surface area contributed by atoms with Crippen molar-refractivity contribution < 1.29 is 4.39 Å². The lowest BCUT2D eigenvalue weighted by molar-refractivity contribution is 0.248. The lowest BCUT2D eigenvalue weighted by Gasteiger charge is -2.21. The van der Waals surface area contributed by atoms with E-state index >= 15 is 0 Å². The van der Waals surface area contributed by atoms with Crippen LogP contribution in [0, 0.1) is 5.82 Å². The zero-order chi connectivity index (χ0) is 17.1. The van der Waals surface area contributed by atoms with Gasteiger partial charge in [0.15, 0.2) is 0 Å². The predicted octanol–water partition coefficient (Wildman–Crippen LogP) is 2.32. The van der Waals surface area contributed by atoms with Gasteiger partial charge in [-0.2, -0.15) is 0 Å². The zero-order valence-electron chi connectivity index (χ0n) is 14.7. The highest BCUT2D eigenvalue weighted by molar-refractivity contribution is 5.16. The fourth-order valence-corrected chi connectivity index (χ4v) is 2.96. The Morgan fingerprint density at radius 1 is 1.12 bits per heavy atom. The van der Waals surface area contributed by atoms with Crippen molar-refractivity contribution in [2.75, 3.05) is 20.1 Å². The summed E-state index contributed by atoms with van der Waals surface area (Å²) in [6, 6.07) is 7.27. The van der Waals surface area contributed by atoms with E-state index in [1.54, 1.807) is 0 Å². The second kappa shape index (κ2) is 7.40. The van der Waals surface area contributed by atoms with E-state index in [1.165, 1.54) is 12.1 Å². The van der Waals surface area contributed by atoms with Gasteiger partial charge in [0.2, 0.25) is 0 Å². The molecule has 0 fully saturated rings.